The van der Waals surface area contributed by atoms with Crippen LogP contribution in [0.5, 0.6) is 11.5 Å². The Hall–Kier alpha value is -4.53. The highest BCUT2D eigenvalue weighted by molar-refractivity contribution is 6.16. The number of para-hydroxylation sites is 2. The number of furan rings is 1. The van der Waals surface area contributed by atoms with Crippen molar-refractivity contribution in [1.82, 2.24) is 14.5 Å². The molecular weight excluding hydrogens is 462 g/mol. The first kappa shape index (κ1) is 23.2. The van der Waals surface area contributed by atoms with E-state index >= 15 is 0 Å². The van der Waals surface area contributed by atoms with E-state index in [0.29, 0.717) is 35.6 Å². The number of ketones is 1. The third-order valence-corrected chi connectivity index (χ3v) is 6.30. The fraction of sp³-hybridized carbons (Fsp3) is 0.222. The minimum Gasteiger partial charge on any atom is -0.503 e. The van der Waals surface area contributed by atoms with Crippen LogP contribution < -0.4 is 9.47 Å². The Morgan fingerprint density at radius 1 is 1.11 bits per heavy atom. The van der Waals surface area contributed by atoms with Crippen molar-refractivity contribution in [1.29, 1.82) is 0 Å². The van der Waals surface area contributed by atoms with E-state index < -0.39 is 23.5 Å². The molecule has 0 fully saturated rings. The maximum absolute atomic E-state index is 13.7. The smallest absolute Gasteiger partial charge is 0.290 e. The highest BCUT2D eigenvalue weighted by Gasteiger charge is 2.45. The molecule has 0 spiro atoms. The van der Waals surface area contributed by atoms with E-state index in [1.54, 1.807) is 42.9 Å². The van der Waals surface area contributed by atoms with Gasteiger partial charge in [0.15, 0.2) is 23.0 Å². The molecule has 184 valence electrons. The van der Waals surface area contributed by atoms with Crippen LogP contribution in [0.1, 0.15) is 28.6 Å². The number of fused-ring (bicyclic) bond motifs is 1. The Kier molecular flexibility index (Phi) is 6.20. The SMILES string of the molecule is COc1cccc(C2C(C(=O)c3cc4ccccc4o3)=C(O)C(=O)N2CCCn2ccnc2)c1OC. The minimum atomic E-state index is -0.897. The number of Topliss-reactive ketones (excluding diaryl/α,β-unsaturated/α-hetero) is 1. The monoisotopic (exact) mass is 487 g/mol. The van der Waals surface area contributed by atoms with Gasteiger partial charge in [-0.25, -0.2) is 4.98 Å². The van der Waals surface area contributed by atoms with E-state index in [2.05, 4.69) is 4.98 Å². The number of nitrogens with zero attached hydrogens (tertiary/aromatic N) is 3. The van der Waals surface area contributed by atoms with Crippen molar-refractivity contribution in [2.75, 3.05) is 20.8 Å². The number of carbonyl (C=O) groups excluding carboxylic acids is 2. The Bertz CT molecular complexity index is 1420. The van der Waals surface area contributed by atoms with Gasteiger partial charge in [-0.1, -0.05) is 30.3 Å². The molecule has 2 aromatic heterocycles. The second-order valence-corrected chi connectivity index (χ2v) is 8.38. The molecule has 9 nitrogen and oxygen atoms in total. The van der Waals surface area contributed by atoms with Crippen molar-refractivity contribution in [3.05, 3.63) is 89.9 Å². The van der Waals surface area contributed by atoms with Gasteiger partial charge in [0, 0.05) is 36.4 Å². The second kappa shape index (κ2) is 9.61. The first-order chi connectivity index (χ1) is 17.5. The van der Waals surface area contributed by atoms with E-state index in [1.165, 1.54) is 19.1 Å². The molecule has 0 radical (unpaired) electrons. The second-order valence-electron chi connectivity index (χ2n) is 8.38. The highest BCUT2D eigenvalue weighted by atomic mass is 16.5. The lowest BCUT2D eigenvalue weighted by molar-refractivity contribution is -0.129. The summed E-state index contributed by atoms with van der Waals surface area (Å²) < 4.78 is 18.8. The molecule has 9 heteroatoms. The van der Waals surface area contributed by atoms with Gasteiger partial charge in [-0.15, -0.1) is 0 Å². The third kappa shape index (κ3) is 3.98. The van der Waals surface area contributed by atoms with Crippen LogP contribution in [0.3, 0.4) is 0 Å². The summed E-state index contributed by atoms with van der Waals surface area (Å²) in [5.74, 6) is -0.931. The first-order valence-corrected chi connectivity index (χ1v) is 11.5. The summed E-state index contributed by atoms with van der Waals surface area (Å²) in [5, 5.41) is 11.7. The number of hydrogen-bond donors (Lipinski definition) is 1. The van der Waals surface area contributed by atoms with Crippen LogP contribution >= 0.6 is 0 Å². The molecule has 5 rings (SSSR count). The largest absolute Gasteiger partial charge is 0.503 e. The standard InChI is InChI=1S/C27H25N3O6/c1-34-20-10-5-8-18(26(20)35-2)23-22(24(31)21-15-17-7-3-4-9-19(17)36-21)25(32)27(33)30(23)13-6-12-29-14-11-28-16-29/h3-5,7-11,14-16,23,32H,6,12-13H2,1-2H3. The predicted molar refractivity (Wildman–Crippen MR) is 131 cm³/mol. The van der Waals surface area contributed by atoms with Gasteiger partial charge in [-0.2, -0.15) is 0 Å². The number of methoxy groups -OCH3 is 2. The van der Waals surface area contributed by atoms with Crippen LogP contribution in [-0.4, -0.2) is 52.0 Å². The van der Waals surface area contributed by atoms with Crippen LogP contribution in [0.15, 0.2) is 83.0 Å². The van der Waals surface area contributed by atoms with Crippen LogP contribution in [0.4, 0.5) is 0 Å². The number of aromatic nitrogens is 2. The Labute approximate surface area is 207 Å². The lowest BCUT2D eigenvalue weighted by Crippen LogP contribution is -2.32. The molecule has 1 N–H and O–H groups in total. The molecule has 3 heterocycles. The number of aliphatic hydroxyl groups excluding tert-OH is 1. The summed E-state index contributed by atoms with van der Waals surface area (Å²) in [6, 6.07) is 13.2. The number of aliphatic hydroxyl groups is 1. The van der Waals surface area contributed by atoms with E-state index in [-0.39, 0.29) is 17.9 Å². The van der Waals surface area contributed by atoms with Crippen LogP contribution in [0, 0.1) is 0 Å². The molecule has 1 amide bonds. The number of ether oxygens (including phenoxy) is 2. The molecule has 1 aliphatic heterocycles. The lowest BCUT2D eigenvalue weighted by Gasteiger charge is -2.28. The average Bonchev–Trinajstić information content (AvgIpc) is 3.63. The zero-order valence-electron chi connectivity index (χ0n) is 19.9. The van der Waals surface area contributed by atoms with E-state index in [9.17, 15) is 14.7 Å². The van der Waals surface area contributed by atoms with Crippen molar-refractivity contribution >= 4 is 22.7 Å². The van der Waals surface area contributed by atoms with Gasteiger partial charge in [0.2, 0.25) is 5.78 Å². The number of imidazole rings is 1. The van der Waals surface area contributed by atoms with Crippen molar-refractivity contribution in [2.45, 2.75) is 19.0 Å². The fourth-order valence-electron chi connectivity index (χ4n) is 4.64. The zero-order chi connectivity index (χ0) is 25.2. The minimum absolute atomic E-state index is 0.0395. The summed E-state index contributed by atoms with van der Waals surface area (Å²) in [6.07, 6.45) is 5.79. The van der Waals surface area contributed by atoms with Gasteiger partial charge in [-0.3, -0.25) is 9.59 Å². The van der Waals surface area contributed by atoms with E-state index in [0.717, 1.165) is 5.39 Å². The summed E-state index contributed by atoms with van der Waals surface area (Å²) >= 11 is 0. The van der Waals surface area contributed by atoms with Crippen molar-refractivity contribution in [2.24, 2.45) is 0 Å². The molecular formula is C27H25N3O6. The van der Waals surface area contributed by atoms with Gasteiger partial charge >= 0.3 is 0 Å². The molecule has 36 heavy (non-hydrogen) atoms. The van der Waals surface area contributed by atoms with Crippen LogP contribution in [0.2, 0.25) is 0 Å². The Morgan fingerprint density at radius 2 is 1.94 bits per heavy atom. The molecule has 1 atom stereocenters. The van der Waals surface area contributed by atoms with E-state index in [4.69, 9.17) is 13.9 Å². The van der Waals surface area contributed by atoms with Gasteiger partial charge in [0.25, 0.3) is 5.91 Å². The topological polar surface area (TPSA) is 107 Å². The van der Waals surface area contributed by atoms with Crippen LogP contribution in [0.25, 0.3) is 11.0 Å². The molecule has 0 saturated heterocycles. The van der Waals surface area contributed by atoms with Crippen LogP contribution in [-0.2, 0) is 11.3 Å². The van der Waals surface area contributed by atoms with Gasteiger partial charge in [-0.05, 0) is 24.6 Å². The normalized spacial score (nSPS) is 15.7. The Morgan fingerprint density at radius 3 is 2.67 bits per heavy atom. The molecule has 1 unspecified atom stereocenters. The van der Waals surface area contributed by atoms with Gasteiger partial charge < -0.3 is 28.5 Å². The maximum Gasteiger partial charge on any atom is 0.290 e. The average molecular weight is 488 g/mol. The zero-order valence-corrected chi connectivity index (χ0v) is 19.9. The number of rotatable bonds is 9. The van der Waals surface area contributed by atoms with Crippen molar-refractivity contribution < 1.29 is 28.6 Å². The third-order valence-electron chi connectivity index (χ3n) is 6.30. The first-order valence-electron chi connectivity index (χ1n) is 11.5. The van der Waals surface area contributed by atoms with Gasteiger partial charge in [0.05, 0.1) is 32.2 Å². The number of amides is 1. The summed E-state index contributed by atoms with van der Waals surface area (Å²) in [6.45, 7) is 0.891. The fourth-order valence-corrected chi connectivity index (χ4v) is 4.64. The molecule has 2 aromatic carbocycles. The number of aryl methyl sites for hydroxylation is 1. The number of carbonyl (C=O) groups is 2. The highest BCUT2D eigenvalue weighted by Crippen LogP contribution is 2.45. The molecule has 0 bridgehead atoms. The maximum atomic E-state index is 13.7. The number of hydrogen-bond acceptors (Lipinski definition) is 7. The van der Waals surface area contributed by atoms with E-state index in [1.807, 2.05) is 29.0 Å². The predicted octanol–water partition coefficient (Wildman–Crippen LogP) is 4.32. The lowest BCUT2D eigenvalue weighted by atomic mass is 9.94. The molecule has 0 aliphatic carbocycles. The molecule has 1 aliphatic rings. The van der Waals surface area contributed by atoms with Crippen molar-refractivity contribution in [3.8, 4) is 11.5 Å². The summed E-state index contributed by atoms with van der Waals surface area (Å²) in [5.41, 5.74) is 1.00. The summed E-state index contributed by atoms with van der Waals surface area (Å²) in [4.78, 5) is 32.6. The number of benzene rings is 2. The molecule has 0 saturated carbocycles. The molecule has 4 aromatic rings. The van der Waals surface area contributed by atoms with Gasteiger partial charge in [0.1, 0.15) is 5.58 Å². The Balaban J connectivity index is 1.57. The quantitative estimate of drug-likeness (QED) is 0.351. The summed E-state index contributed by atoms with van der Waals surface area (Å²) in [7, 11) is 3.00. The van der Waals surface area contributed by atoms with Crippen molar-refractivity contribution in [3.63, 3.8) is 0 Å².